The van der Waals surface area contributed by atoms with Crippen LogP contribution in [0.2, 0.25) is 0 Å². The molecular formula is C12H20N2O. The molecule has 0 aliphatic carbocycles. The minimum atomic E-state index is 0.623. The highest BCUT2D eigenvalue weighted by Gasteiger charge is 2.05. The topological polar surface area (TPSA) is 38.5 Å². The third-order valence-corrected chi connectivity index (χ3v) is 2.56. The zero-order valence-corrected chi connectivity index (χ0v) is 10.0. The molecule has 84 valence electrons. The van der Waals surface area contributed by atoms with Crippen LogP contribution in [0.25, 0.3) is 0 Å². The van der Waals surface area contributed by atoms with Gasteiger partial charge in [0.25, 0.3) is 0 Å². The molecule has 1 rings (SSSR count). The summed E-state index contributed by atoms with van der Waals surface area (Å²) in [6.45, 7) is 7.60. The molecule has 0 spiro atoms. The maximum atomic E-state index is 5.74. The van der Waals surface area contributed by atoms with E-state index in [-0.39, 0.29) is 0 Å². The molecule has 15 heavy (non-hydrogen) atoms. The van der Waals surface area contributed by atoms with Crippen molar-refractivity contribution in [3.8, 4) is 5.75 Å². The van der Waals surface area contributed by atoms with Gasteiger partial charge in [0.05, 0.1) is 0 Å². The van der Waals surface area contributed by atoms with Crippen molar-refractivity contribution in [3.05, 3.63) is 28.8 Å². The Hall–Kier alpha value is -1.06. The van der Waals surface area contributed by atoms with E-state index in [1.807, 2.05) is 7.05 Å². The van der Waals surface area contributed by atoms with Crippen molar-refractivity contribution >= 4 is 0 Å². The minimum absolute atomic E-state index is 0.623. The average Bonchev–Trinajstić information content (AvgIpc) is 2.17. The first-order valence-corrected chi connectivity index (χ1v) is 5.18. The Morgan fingerprint density at radius 1 is 1.20 bits per heavy atom. The maximum absolute atomic E-state index is 5.74. The lowest BCUT2D eigenvalue weighted by atomic mass is 10.1. The van der Waals surface area contributed by atoms with Gasteiger partial charge in [-0.15, -0.1) is 0 Å². The number of aryl methyl sites for hydroxylation is 2. The van der Waals surface area contributed by atoms with E-state index in [0.717, 1.165) is 12.3 Å². The minimum Gasteiger partial charge on any atom is -0.492 e. The number of nitrogens with two attached hydrogens (primary N) is 1. The van der Waals surface area contributed by atoms with Gasteiger partial charge in [-0.05, 0) is 37.5 Å². The van der Waals surface area contributed by atoms with Crippen molar-refractivity contribution in [1.29, 1.82) is 0 Å². The molecule has 0 fully saturated rings. The van der Waals surface area contributed by atoms with Crippen molar-refractivity contribution < 1.29 is 4.74 Å². The van der Waals surface area contributed by atoms with Crippen molar-refractivity contribution in [2.45, 2.75) is 20.8 Å². The Balaban J connectivity index is 2.71. The van der Waals surface area contributed by atoms with E-state index >= 15 is 0 Å². The second kappa shape index (κ2) is 5.14. The molecule has 0 unspecified atom stereocenters. The molecule has 0 heterocycles. The SMILES string of the molecule is Cc1ccc(C)c(OCCN(C)N)c1C. The Labute approximate surface area is 91.8 Å². The molecule has 1 aromatic rings. The second-order valence-electron chi connectivity index (χ2n) is 3.98. The highest BCUT2D eigenvalue weighted by molar-refractivity contribution is 5.44. The normalized spacial score (nSPS) is 10.8. The van der Waals surface area contributed by atoms with Gasteiger partial charge in [0.1, 0.15) is 12.4 Å². The molecule has 0 saturated carbocycles. The highest BCUT2D eigenvalue weighted by Crippen LogP contribution is 2.25. The first kappa shape index (κ1) is 12.0. The van der Waals surface area contributed by atoms with Crippen LogP contribution in [-0.4, -0.2) is 25.2 Å². The van der Waals surface area contributed by atoms with Crippen LogP contribution < -0.4 is 10.6 Å². The van der Waals surface area contributed by atoms with Gasteiger partial charge in [-0.25, -0.2) is 5.01 Å². The van der Waals surface area contributed by atoms with Crippen LogP contribution in [0.4, 0.5) is 0 Å². The molecule has 0 bridgehead atoms. The van der Waals surface area contributed by atoms with Crippen molar-refractivity contribution in [2.24, 2.45) is 5.84 Å². The number of likely N-dealkylation sites (N-methyl/N-ethyl adjacent to an activating group) is 1. The fourth-order valence-corrected chi connectivity index (χ4v) is 1.44. The summed E-state index contributed by atoms with van der Waals surface area (Å²) < 4.78 is 5.74. The van der Waals surface area contributed by atoms with Crippen LogP contribution >= 0.6 is 0 Å². The lowest BCUT2D eigenvalue weighted by Crippen LogP contribution is -2.30. The van der Waals surface area contributed by atoms with Gasteiger partial charge in [0.15, 0.2) is 0 Å². The summed E-state index contributed by atoms with van der Waals surface area (Å²) in [5.41, 5.74) is 3.66. The van der Waals surface area contributed by atoms with E-state index < -0.39 is 0 Å². The fraction of sp³-hybridized carbons (Fsp3) is 0.500. The summed E-state index contributed by atoms with van der Waals surface area (Å²) in [6, 6.07) is 4.20. The number of ether oxygens (including phenoxy) is 1. The number of hydrogen-bond acceptors (Lipinski definition) is 3. The van der Waals surface area contributed by atoms with Crippen molar-refractivity contribution in [2.75, 3.05) is 20.2 Å². The van der Waals surface area contributed by atoms with E-state index in [4.69, 9.17) is 10.6 Å². The van der Waals surface area contributed by atoms with E-state index in [1.165, 1.54) is 16.7 Å². The van der Waals surface area contributed by atoms with Crippen LogP contribution in [0.1, 0.15) is 16.7 Å². The van der Waals surface area contributed by atoms with Gasteiger partial charge < -0.3 is 4.74 Å². The van der Waals surface area contributed by atoms with E-state index in [1.54, 1.807) is 5.01 Å². The summed E-state index contributed by atoms with van der Waals surface area (Å²) in [7, 11) is 1.83. The molecular weight excluding hydrogens is 188 g/mol. The number of hydrogen-bond donors (Lipinski definition) is 1. The van der Waals surface area contributed by atoms with Crippen LogP contribution in [0.15, 0.2) is 12.1 Å². The van der Waals surface area contributed by atoms with Crippen molar-refractivity contribution in [3.63, 3.8) is 0 Å². The van der Waals surface area contributed by atoms with Gasteiger partial charge in [-0.2, -0.15) is 0 Å². The average molecular weight is 208 g/mol. The molecule has 0 atom stereocenters. The summed E-state index contributed by atoms with van der Waals surface area (Å²) in [6.07, 6.45) is 0. The Morgan fingerprint density at radius 3 is 2.40 bits per heavy atom. The molecule has 0 aliphatic heterocycles. The Bertz CT molecular complexity index is 335. The van der Waals surface area contributed by atoms with Gasteiger partial charge in [0, 0.05) is 13.6 Å². The number of hydrazine groups is 1. The van der Waals surface area contributed by atoms with Gasteiger partial charge in [-0.3, -0.25) is 5.84 Å². The predicted molar refractivity (Wildman–Crippen MR) is 63.0 cm³/mol. The fourth-order valence-electron chi connectivity index (χ4n) is 1.44. The lowest BCUT2D eigenvalue weighted by molar-refractivity contribution is 0.239. The quantitative estimate of drug-likeness (QED) is 0.605. The second-order valence-corrected chi connectivity index (χ2v) is 3.98. The first-order valence-electron chi connectivity index (χ1n) is 5.18. The molecule has 3 heteroatoms. The molecule has 1 aromatic carbocycles. The summed E-state index contributed by atoms with van der Waals surface area (Å²) >= 11 is 0. The zero-order valence-electron chi connectivity index (χ0n) is 10.0. The van der Waals surface area contributed by atoms with E-state index in [9.17, 15) is 0 Å². The summed E-state index contributed by atoms with van der Waals surface area (Å²) in [5, 5.41) is 1.63. The van der Waals surface area contributed by atoms with Crippen LogP contribution in [0.3, 0.4) is 0 Å². The molecule has 0 radical (unpaired) electrons. The van der Waals surface area contributed by atoms with Crippen LogP contribution in [-0.2, 0) is 0 Å². The largest absolute Gasteiger partial charge is 0.492 e. The summed E-state index contributed by atoms with van der Waals surface area (Å²) in [4.78, 5) is 0. The lowest BCUT2D eigenvalue weighted by Gasteiger charge is -2.15. The van der Waals surface area contributed by atoms with Gasteiger partial charge in [-0.1, -0.05) is 12.1 Å². The summed E-state index contributed by atoms with van der Waals surface area (Å²) in [5.74, 6) is 6.51. The zero-order chi connectivity index (χ0) is 11.4. The predicted octanol–water partition coefficient (Wildman–Crippen LogP) is 1.80. The number of benzene rings is 1. The number of nitrogens with zero attached hydrogens (tertiary/aromatic N) is 1. The third kappa shape index (κ3) is 3.22. The van der Waals surface area contributed by atoms with Crippen LogP contribution in [0, 0.1) is 20.8 Å². The third-order valence-electron chi connectivity index (χ3n) is 2.56. The Morgan fingerprint density at radius 2 is 1.80 bits per heavy atom. The molecule has 0 aliphatic rings. The first-order chi connectivity index (χ1) is 7.02. The number of rotatable bonds is 4. The molecule has 0 aromatic heterocycles. The molecule has 3 nitrogen and oxygen atoms in total. The van der Waals surface area contributed by atoms with Crippen molar-refractivity contribution in [1.82, 2.24) is 5.01 Å². The van der Waals surface area contributed by atoms with Gasteiger partial charge >= 0.3 is 0 Å². The monoisotopic (exact) mass is 208 g/mol. The maximum Gasteiger partial charge on any atom is 0.125 e. The van der Waals surface area contributed by atoms with Gasteiger partial charge in [0.2, 0.25) is 0 Å². The van der Waals surface area contributed by atoms with E-state index in [0.29, 0.717) is 6.61 Å². The molecule has 2 N–H and O–H groups in total. The van der Waals surface area contributed by atoms with Crippen LogP contribution in [0.5, 0.6) is 5.75 Å². The molecule has 0 amide bonds. The molecule has 0 saturated heterocycles. The smallest absolute Gasteiger partial charge is 0.125 e. The Kier molecular flexibility index (Phi) is 4.12. The highest BCUT2D eigenvalue weighted by atomic mass is 16.5. The van der Waals surface area contributed by atoms with E-state index in [2.05, 4.69) is 32.9 Å². The standard InChI is InChI=1S/C12H20N2O/c1-9-5-6-10(2)12(11(9)3)15-8-7-14(4)13/h5-6H,7-8,13H2,1-4H3.